The molecule has 3 rings (SSSR count). The van der Waals surface area contributed by atoms with Crippen LogP contribution in [-0.4, -0.2) is 15.5 Å². The van der Waals surface area contributed by atoms with E-state index < -0.39 is 17.8 Å². The number of nitrogens with zero attached hydrogens (tertiary/aromatic N) is 2. The molecule has 0 aliphatic rings. The Balaban J connectivity index is 1.98. The largest absolute Gasteiger partial charge is 0.342 e. The fourth-order valence-electron chi connectivity index (χ4n) is 2.63. The second kappa shape index (κ2) is 6.64. The second-order valence-corrected chi connectivity index (χ2v) is 6.11. The monoisotopic (exact) mass is 359 g/mol. The zero-order chi connectivity index (χ0) is 18.1. The number of fused-ring (bicyclic) bond motifs is 1. The topological polar surface area (TPSA) is 64.0 Å². The minimum Gasteiger partial charge on any atom is -0.342 e. The van der Waals surface area contributed by atoms with Crippen molar-refractivity contribution < 1.29 is 9.18 Å². The van der Waals surface area contributed by atoms with Crippen molar-refractivity contribution in [3.63, 3.8) is 0 Å². The van der Waals surface area contributed by atoms with Crippen LogP contribution >= 0.6 is 11.6 Å². The van der Waals surface area contributed by atoms with Gasteiger partial charge in [-0.25, -0.2) is 9.37 Å². The van der Waals surface area contributed by atoms with Crippen molar-refractivity contribution in [2.75, 3.05) is 0 Å². The van der Waals surface area contributed by atoms with Gasteiger partial charge in [0, 0.05) is 12.1 Å². The van der Waals surface area contributed by atoms with Gasteiger partial charge in [0.15, 0.2) is 0 Å². The number of nitrogens with one attached hydrogen (secondary N) is 1. The maximum absolute atomic E-state index is 13.7. The molecule has 1 unspecified atom stereocenters. The molecule has 1 atom stereocenters. The number of aromatic nitrogens is 2. The first-order chi connectivity index (χ1) is 11.9. The fourth-order valence-corrected chi connectivity index (χ4v) is 2.80. The Bertz CT molecular complexity index is 1030. The molecular weight excluding hydrogens is 345 g/mol. The van der Waals surface area contributed by atoms with Crippen LogP contribution in [0.2, 0.25) is 5.02 Å². The summed E-state index contributed by atoms with van der Waals surface area (Å²) < 4.78 is 15.1. The summed E-state index contributed by atoms with van der Waals surface area (Å²) in [6, 6.07) is 9.91. The predicted octanol–water partition coefficient (Wildman–Crippen LogP) is 3.22. The third-order valence-corrected chi connectivity index (χ3v) is 4.16. The van der Waals surface area contributed by atoms with Gasteiger partial charge in [0.1, 0.15) is 11.6 Å². The molecule has 0 aliphatic heterocycles. The second-order valence-electron chi connectivity index (χ2n) is 5.67. The highest BCUT2D eigenvalue weighted by molar-refractivity contribution is 6.31. The van der Waals surface area contributed by atoms with Crippen LogP contribution in [0.5, 0.6) is 0 Å². The Morgan fingerprint density at radius 3 is 2.72 bits per heavy atom. The van der Waals surface area contributed by atoms with Crippen LogP contribution in [-0.2, 0) is 7.05 Å². The molecule has 0 fully saturated rings. The molecule has 0 saturated carbocycles. The Morgan fingerprint density at radius 2 is 2.00 bits per heavy atom. The molecule has 128 valence electrons. The van der Waals surface area contributed by atoms with Crippen LogP contribution in [0.15, 0.2) is 47.3 Å². The highest BCUT2D eigenvalue weighted by Crippen LogP contribution is 2.18. The van der Waals surface area contributed by atoms with Gasteiger partial charge in [0.05, 0.1) is 22.5 Å². The van der Waals surface area contributed by atoms with Crippen molar-refractivity contribution in [2.24, 2.45) is 7.05 Å². The van der Waals surface area contributed by atoms with Gasteiger partial charge in [0.2, 0.25) is 0 Å². The molecule has 1 heterocycles. The van der Waals surface area contributed by atoms with E-state index in [1.54, 1.807) is 38.2 Å². The first-order valence-corrected chi connectivity index (χ1v) is 7.98. The zero-order valence-corrected chi connectivity index (χ0v) is 14.3. The van der Waals surface area contributed by atoms with Crippen LogP contribution in [0.1, 0.15) is 29.1 Å². The molecule has 0 saturated heterocycles. The van der Waals surface area contributed by atoms with E-state index in [1.165, 1.54) is 22.8 Å². The van der Waals surface area contributed by atoms with Gasteiger partial charge in [-0.15, -0.1) is 0 Å². The van der Waals surface area contributed by atoms with Gasteiger partial charge in [0.25, 0.3) is 11.5 Å². The van der Waals surface area contributed by atoms with E-state index in [2.05, 4.69) is 10.3 Å². The number of benzene rings is 2. The maximum Gasteiger partial charge on any atom is 0.261 e. The van der Waals surface area contributed by atoms with Crippen molar-refractivity contribution >= 4 is 28.4 Å². The average molecular weight is 360 g/mol. The summed E-state index contributed by atoms with van der Waals surface area (Å²) in [7, 11) is 1.57. The van der Waals surface area contributed by atoms with Gasteiger partial charge >= 0.3 is 0 Å². The molecule has 0 radical (unpaired) electrons. The Hall–Kier alpha value is -2.73. The molecule has 5 nitrogen and oxygen atoms in total. The number of carbonyl (C=O) groups excluding carboxylic acids is 1. The molecule has 0 aliphatic carbocycles. The van der Waals surface area contributed by atoms with E-state index in [0.29, 0.717) is 21.7 Å². The van der Waals surface area contributed by atoms with Crippen molar-refractivity contribution in [2.45, 2.75) is 13.0 Å². The molecular formula is C18H15ClFN3O2. The lowest BCUT2D eigenvalue weighted by Gasteiger charge is -2.17. The van der Waals surface area contributed by atoms with Crippen LogP contribution in [0.25, 0.3) is 10.9 Å². The smallest absolute Gasteiger partial charge is 0.261 e. The van der Waals surface area contributed by atoms with Crippen molar-refractivity contribution in [3.8, 4) is 0 Å². The van der Waals surface area contributed by atoms with Gasteiger partial charge in [-0.1, -0.05) is 23.7 Å². The number of amides is 1. The summed E-state index contributed by atoms with van der Waals surface area (Å²) in [6.45, 7) is 1.68. The summed E-state index contributed by atoms with van der Waals surface area (Å²) in [5, 5.41) is 3.56. The molecule has 25 heavy (non-hydrogen) atoms. The van der Waals surface area contributed by atoms with E-state index in [0.717, 1.165) is 0 Å². The van der Waals surface area contributed by atoms with Crippen LogP contribution in [0.4, 0.5) is 4.39 Å². The Labute approximate surface area is 148 Å². The minimum absolute atomic E-state index is 0.0665. The Kier molecular flexibility index (Phi) is 4.55. The number of hydrogen-bond acceptors (Lipinski definition) is 3. The molecule has 3 aromatic rings. The van der Waals surface area contributed by atoms with Crippen LogP contribution in [0, 0.1) is 5.82 Å². The van der Waals surface area contributed by atoms with Crippen LogP contribution < -0.4 is 10.9 Å². The Morgan fingerprint density at radius 1 is 1.28 bits per heavy atom. The molecule has 1 aromatic heterocycles. The third-order valence-electron chi connectivity index (χ3n) is 3.93. The zero-order valence-electron chi connectivity index (χ0n) is 13.6. The molecule has 2 aromatic carbocycles. The van der Waals surface area contributed by atoms with Gasteiger partial charge in [-0.2, -0.15) is 0 Å². The standard InChI is InChI=1S/C18H15ClFN3O2/c1-10(21-17(24)12-5-3-4-6-14(12)20)16-22-15-9-11(19)7-8-13(15)18(25)23(16)2/h3-10H,1-2H3,(H,21,24). The number of halogens is 2. The maximum atomic E-state index is 13.7. The van der Waals surface area contributed by atoms with Gasteiger partial charge in [-0.3, -0.25) is 14.2 Å². The average Bonchev–Trinajstić information content (AvgIpc) is 2.58. The van der Waals surface area contributed by atoms with E-state index in [9.17, 15) is 14.0 Å². The lowest BCUT2D eigenvalue weighted by atomic mass is 10.1. The van der Waals surface area contributed by atoms with Gasteiger partial charge < -0.3 is 5.32 Å². The summed E-state index contributed by atoms with van der Waals surface area (Å²) in [5.74, 6) is -0.838. The third kappa shape index (κ3) is 3.25. The molecule has 1 N–H and O–H groups in total. The quantitative estimate of drug-likeness (QED) is 0.781. The fraction of sp³-hybridized carbons (Fsp3) is 0.167. The van der Waals surface area contributed by atoms with Crippen molar-refractivity contribution in [3.05, 3.63) is 75.0 Å². The molecule has 1 amide bonds. The summed E-state index contributed by atoms with van der Waals surface area (Å²) in [6.07, 6.45) is 0. The van der Waals surface area contributed by atoms with E-state index in [4.69, 9.17) is 11.6 Å². The van der Waals surface area contributed by atoms with Crippen molar-refractivity contribution in [1.29, 1.82) is 0 Å². The summed E-state index contributed by atoms with van der Waals surface area (Å²) in [5.41, 5.74) is 0.129. The normalized spacial score (nSPS) is 12.2. The van der Waals surface area contributed by atoms with E-state index in [-0.39, 0.29) is 11.1 Å². The lowest BCUT2D eigenvalue weighted by Crippen LogP contribution is -2.33. The minimum atomic E-state index is -0.612. The number of hydrogen-bond donors (Lipinski definition) is 1. The first kappa shape index (κ1) is 17.1. The first-order valence-electron chi connectivity index (χ1n) is 7.60. The predicted molar refractivity (Wildman–Crippen MR) is 94.3 cm³/mol. The highest BCUT2D eigenvalue weighted by Gasteiger charge is 2.19. The summed E-state index contributed by atoms with van der Waals surface area (Å²) in [4.78, 5) is 29.2. The molecule has 0 bridgehead atoms. The summed E-state index contributed by atoms with van der Waals surface area (Å²) >= 11 is 5.96. The highest BCUT2D eigenvalue weighted by atomic mass is 35.5. The molecule has 7 heteroatoms. The number of rotatable bonds is 3. The molecule has 0 spiro atoms. The SMILES string of the molecule is CC(NC(=O)c1ccccc1F)c1nc2cc(Cl)ccc2c(=O)n1C. The van der Waals surface area contributed by atoms with E-state index in [1.807, 2.05) is 0 Å². The van der Waals surface area contributed by atoms with Crippen LogP contribution in [0.3, 0.4) is 0 Å². The lowest BCUT2D eigenvalue weighted by molar-refractivity contribution is 0.0933. The van der Waals surface area contributed by atoms with Crippen molar-refractivity contribution in [1.82, 2.24) is 14.9 Å². The van der Waals surface area contributed by atoms with Gasteiger partial charge in [-0.05, 0) is 37.3 Å². The number of carbonyl (C=O) groups is 1. The van der Waals surface area contributed by atoms with E-state index >= 15 is 0 Å².